The molecule has 5 nitrogen and oxygen atoms in total. The first-order chi connectivity index (χ1) is 9.17. The smallest absolute Gasteiger partial charge is 0.318 e. The summed E-state index contributed by atoms with van der Waals surface area (Å²) >= 11 is 0. The van der Waals surface area contributed by atoms with Crippen molar-refractivity contribution in [1.82, 2.24) is 5.32 Å². The van der Waals surface area contributed by atoms with Gasteiger partial charge in [0.15, 0.2) is 0 Å². The Labute approximate surface area is 113 Å². The normalized spacial score (nSPS) is 22.6. The number of carbonyl (C=O) groups excluding carboxylic acids is 1. The molecule has 2 rings (SSSR count). The number of hydrogen-bond acceptors (Lipinski definition) is 3. The summed E-state index contributed by atoms with van der Waals surface area (Å²) < 4.78 is 0. The molecule has 1 aromatic carbocycles. The molecule has 0 atom stereocenters. The molecule has 5 heteroatoms. The highest BCUT2D eigenvalue weighted by Gasteiger charge is 2.17. The molecule has 1 aliphatic rings. The van der Waals surface area contributed by atoms with Crippen molar-refractivity contribution in [3.63, 3.8) is 0 Å². The highest BCUT2D eigenvalue weighted by Crippen LogP contribution is 2.22. The largest absolute Gasteiger partial charge is 0.382 e. The minimum Gasteiger partial charge on any atom is -0.382 e. The fourth-order valence-corrected chi connectivity index (χ4v) is 2.34. The summed E-state index contributed by atoms with van der Waals surface area (Å²) in [5.74, 6) is 0. The summed E-state index contributed by atoms with van der Waals surface area (Å²) in [4.78, 5) is 11.2. The molecule has 1 fully saturated rings. The number of anilines is 2. The molecule has 0 bridgehead atoms. The lowest BCUT2D eigenvalue weighted by molar-refractivity contribution is 0.254. The number of nitrogens with two attached hydrogens (primary N) is 1. The topological polar surface area (TPSA) is 79.2 Å². The van der Waals surface area contributed by atoms with Gasteiger partial charge in [0.25, 0.3) is 0 Å². The van der Waals surface area contributed by atoms with Gasteiger partial charge in [0.1, 0.15) is 0 Å². The molecule has 0 aromatic heterocycles. The van der Waals surface area contributed by atoms with Gasteiger partial charge in [-0.05, 0) is 49.9 Å². The number of carbonyl (C=O) groups is 1. The number of rotatable bonds is 3. The SMILES string of the molecule is CNC(=O)Nc1ccc(NC2CCC(N)CC2)cc1. The zero-order valence-electron chi connectivity index (χ0n) is 11.3. The van der Waals surface area contributed by atoms with Crippen LogP contribution < -0.4 is 21.7 Å². The summed E-state index contributed by atoms with van der Waals surface area (Å²) in [6.07, 6.45) is 4.43. The van der Waals surface area contributed by atoms with E-state index in [2.05, 4.69) is 16.0 Å². The number of urea groups is 1. The summed E-state index contributed by atoms with van der Waals surface area (Å²) in [6, 6.07) is 8.44. The lowest BCUT2D eigenvalue weighted by Gasteiger charge is -2.27. The summed E-state index contributed by atoms with van der Waals surface area (Å²) in [5.41, 5.74) is 7.77. The second-order valence-electron chi connectivity index (χ2n) is 5.04. The fourth-order valence-electron chi connectivity index (χ4n) is 2.34. The second-order valence-corrected chi connectivity index (χ2v) is 5.04. The summed E-state index contributed by atoms with van der Waals surface area (Å²) in [7, 11) is 1.60. The first-order valence-electron chi connectivity index (χ1n) is 6.78. The van der Waals surface area contributed by atoms with Gasteiger partial charge in [-0.15, -0.1) is 0 Å². The molecule has 1 saturated carbocycles. The van der Waals surface area contributed by atoms with Crippen LogP contribution in [0.2, 0.25) is 0 Å². The van der Waals surface area contributed by atoms with E-state index >= 15 is 0 Å². The van der Waals surface area contributed by atoms with Gasteiger partial charge in [-0.25, -0.2) is 4.79 Å². The van der Waals surface area contributed by atoms with Crippen LogP contribution in [-0.4, -0.2) is 25.2 Å². The van der Waals surface area contributed by atoms with E-state index in [0.717, 1.165) is 37.1 Å². The van der Waals surface area contributed by atoms with E-state index in [1.54, 1.807) is 7.05 Å². The van der Waals surface area contributed by atoms with Gasteiger partial charge in [-0.1, -0.05) is 0 Å². The van der Waals surface area contributed by atoms with Gasteiger partial charge >= 0.3 is 6.03 Å². The third-order valence-corrected chi connectivity index (χ3v) is 3.51. The van der Waals surface area contributed by atoms with Gasteiger partial charge in [-0.2, -0.15) is 0 Å². The number of nitrogens with one attached hydrogen (secondary N) is 3. The van der Waals surface area contributed by atoms with Crippen LogP contribution in [0.25, 0.3) is 0 Å². The van der Waals surface area contributed by atoms with Crippen molar-refractivity contribution >= 4 is 17.4 Å². The minimum absolute atomic E-state index is 0.207. The van der Waals surface area contributed by atoms with Crippen LogP contribution in [0, 0.1) is 0 Å². The van der Waals surface area contributed by atoms with Gasteiger partial charge in [0.05, 0.1) is 0 Å². The highest BCUT2D eigenvalue weighted by atomic mass is 16.2. The first kappa shape index (κ1) is 13.7. The molecule has 2 amide bonds. The molecule has 0 spiro atoms. The zero-order valence-corrected chi connectivity index (χ0v) is 11.3. The van der Waals surface area contributed by atoms with Crippen LogP contribution in [0.4, 0.5) is 16.2 Å². The van der Waals surface area contributed by atoms with Crippen LogP contribution >= 0.6 is 0 Å². The van der Waals surface area contributed by atoms with Crippen LogP contribution in [-0.2, 0) is 0 Å². The van der Waals surface area contributed by atoms with E-state index in [4.69, 9.17) is 5.73 Å². The van der Waals surface area contributed by atoms with Crippen molar-refractivity contribution < 1.29 is 4.79 Å². The molecule has 0 heterocycles. The van der Waals surface area contributed by atoms with Gasteiger partial charge in [0.2, 0.25) is 0 Å². The molecule has 104 valence electrons. The average Bonchev–Trinajstić information content (AvgIpc) is 2.43. The average molecular weight is 262 g/mol. The fraction of sp³-hybridized carbons (Fsp3) is 0.500. The third kappa shape index (κ3) is 4.13. The van der Waals surface area contributed by atoms with Crippen LogP contribution in [0.3, 0.4) is 0 Å². The minimum atomic E-state index is -0.207. The van der Waals surface area contributed by atoms with Crippen molar-refractivity contribution in [2.45, 2.75) is 37.8 Å². The summed E-state index contributed by atoms with van der Waals surface area (Å²) in [6.45, 7) is 0. The maximum Gasteiger partial charge on any atom is 0.318 e. The predicted molar refractivity (Wildman–Crippen MR) is 78.4 cm³/mol. The van der Waals surface area contributed by atoms with E-state index in [1.807, 2.05) is 24.3 Å². The Morgan fingerprint density at radius 3 is 2.26 bits per heavy atom. The van der Waals surface area contributed by atoms with Crippen molar-refractivity contribution in [3.05, 3.63) is 24.3 Å². The zero-order chi connectivity index (χ0) is 13.7. The second kappa shape index (κ2) is 6.43. The number of hydrogen-bond donors (Lipinski definition) is 4. The molecule has 0 aliphatic heterocycles. The van der Waals surface area contributed by atoms with E-state index in [9.17, 15) is 4.79 Å². The number of amides is 2. The predicted octanol–water partition coefficient (Wildman–Crippen LogP) is 2.12. The molecular weight excluding hydrogens is 240 g/mol. The summed E-state index contributed by atoms with van der Waals surface area (Å²) in [5, 5.41) is 8.77. The lowest BCUT2D eigenvalue weighted by Crippen LogP contribution is -2.32. The van der Waals surface area contributed by atoms with Crippen LogP contribution in [0.1, 0.15) is 25.7 Å². The van der Waals surface area contributed by atoms with E-state index in [0.29, 0.717) is 12.1 Å². The molecule has 5 N–H and O–H groups in total. The van der Waals surface area contributed by atoms with Crippen molar-refractivity contribution in [3.8, 4) is 0 Å². The lowest BCUT2D eigenvalue weighted by atomic mass is 9.92. The van der Waals surface area contributed by atoms with E-state index in [-0.39, 0.29) is 6.03 Å². The Hall–Kier alpha value is -1.75. The van der Waals surface area contributed by atoms with E-state index < -0.39 is 0 Å². The molecule has 19 heavy (non-hydrogen) atoms. The maximum atomic E-state index is 11.2. The Kier molecular flexibility index (Phi) is 4.63. The monoisotopic (exact) mass is 262 g/mol. The molecule has 0 radical (unpaired) electrons. The van der Waals surface area contributed by atoms with Gasteiger partial charge < -0.3 is 21.7 Å². The molecule has 1 aliphatic carbocycles. The molecule has 0 unspecified atom stereocenters. The highest BCUT2D eigenvalue weighted by molar-refractivity contribution is 5.89. The Balaban J connectivity index is 1.86. The first-order valence-corrected chi connectivity index (χ1v) is 6.78. The van der Waals surface area contributed by atoms with Crippen molar-refractivity contribution in [2.75, 3.05) is 17.7 Å². The Morgan fingerprint density at radius 2 is 1.68 bits per heavy atom. The third-order valence-electron chi connectivity index (χ3n) is 3.51. The Bertz CT molecular complexity index is 410. The molecule has 0 saturated heterocycles. The van der Waals surface area contributed by atoms with Gasteiger partial charge in [-0.3, -0.25) is 0 Å². The quantitative estimate of drug-likeness (QED) is 0.673. The number of benzene rings is 1. The van der Waals surface area contributed by atoms with E-state index in [1.165, 1.54) is 0 Å². The van der Waals surface area contributed by atoms with Gasteiger partial charge in [0, 0.05) is 30.5 Å². The standard InChI is InChI=1S/C14H22N4O/c1-16-14(19)18-13-8-6-12(7-9-13)17-11-4-2-10(15)3-5-11/h6-11,17H,2-5,15H2,1H3,(H2,16,18,19). The molecule has 1 aromatic rings. The van der Waals surface area contributed by atoms with Crippen molar-refractivity contribution in [2.24, 2.45) is 5.73 Å². The maximum absolute atomic E-state index is 11.2. The van der Waals surface area contributed by atoms with Crippen LogP contribution in [0.15, 0.2) is 24.3 Å². The van der Waals surface area contributed by atoms with Crippen LogP contribution in [0.5, 0.6) is 0 Å². The Morgan fingerprint density at radius 1 is 1.11 bits per heavy atom. The van der Waals surface area contributed by atoms with Crippen molar-refractivity contribution in [1.29, 1.82) is 0 Å². The molecular formula is C14H22N4O.